The van der Waals surface area contributed by atoms with Crippen LogP contribution in [0, 0.1) is 5.82 Å². The molecule has 0 aliphatic heterocycles. The third kappa shape index (κ3) is 4.82. The molecule has 0 saturated carbocycles. The van der Waals surface area contributed by atoms with E-state index in [-0.39, 0.29) is 17.1 Å². The Kier molecular flexibility index (Phi) is 6.33. The number of anilines is 1. The summed E-state index contributed by atoms with van der Waals surface area (Å²) in [6, 6.07) is 11.5. The second-order valence-electron chi connectivity index (χ2n) is 5.61. The molecule has 1 heterocycles. The van der Waals surface area contributed by atoms with Crippen molar-refractivity contribution in [3.63, 3.8) is 0 Å². The third-order valence-electron chi connectivity index (χ3n) is 3.76. The van der Waals surface area contributed by atoms with Crippen molar-refractivity contribution in [2.24, 2.45) is 5.84 Å². The van der Waals surface area contributed by atoms with Crippen molar-refractivity contribution in [3.8, 4) is 22.4 Å². The molecule has 3 rings (SSSR count). The van der Waals surface area contributed by atoms with Crippen molar-refractivity contribution in [3.05, 3.63) is 60.2 Å². The number of alkyl halides is 3. The minimum atomic E-state index is -4.79. The number of nitrogens with one attached hydrogen (secondary N) is 1. The molecule has 0 amide bonds. The Bertz CT molecular complexity index is 983. The standard InChI is InChI=1S/C18H14F4N4O2S/c1-27-28-29-13-8-4-11(5-9-13)15-14(10-2-6-12(19)7-3-10)16(26-23)25-17(24-15)18(20,21)22/h2-9H,23H2,1H3,(H,24,25,26). The van der Waals surface area contributed by atoms with E-state index in [1.165, 1.54) is 31.4 Å². The Labute approximate surface area is 167 Å². The molecular weight excluding hydrogens is 412 g/mol. The summed E-state index contributed by atoms with van der Waals surface area (Å²) in [5.41, 5.74) is 3.13. The summed E-state index contributed by atoms with van der Waals surface area (Å²) < 4.78 is 58.0. The Morgan fingerprint density at radius 3 is 2.14 bits per heavy atom. The summed E-state index contributed by atoms with van der Waals surface area (Å²) in [4.78, 5) is 12.4. The maximum Gasteiger partial charge on any atom is 0.451 e. The van der Waals surface area contributed by atoms with E-state index >= 15 is 0 Å². The molecule has 3 aromatic rings. The molecule has 11 heteroatoms. The van der Waals surface area contributed by atoms with Crippen molar-refractivity contribution < 1.29 is 26.8 Å². The zero-order valence-corrected chi connectivity index (χ0v) is 15.6. The third-order valence-corrected chi connectivity index (χ3v) is 4.43. The number of rotatable bonds is 6. The smallest absolute Gasteiger partial charge is 0.308 e. The summed E-state index contributed by atoms with van der Waals surface area (Å²) in [6.45, 7) is 0. The topological polar surface area (TPSA) is 82.3 Å². The minimum Gasteiger partial charge on any atom is -0.308 e. The molecule has 0 fully saturated rings. The summed E-state index contributed by atoms with van der Waals surface area (Å²) in [5, 5.41) is 0. The van der Waals surface area contributed by atoms with Crippen molar-refractivity contribution in [1.82, 2.24) is 9.97 Å². The second-order valence-corrected chi connectivity index (χ2v) is 6.38. The van der Waals surface area contributed by atoms with E-state index in [1.54, 1.807) is 24.3 Å². The van der Waals surface area contributed by atoms with Gasteiger partial charge in [-0.3, -0.25) is 0 Å². The van der Waals surface area contributed by atoms with Crippen molar-refractivity contribution >= 4 is 17.9 Å². The fraction of sp³-hybridized carbons (Fsp3) is 0.111. The minimum absolute atomic E-state index is 0.0175. The molecule has 0 radical (unpaired) electrons. The van der Waals surface area contributed by atoms with Gasteiger partial charge in [-0.05, 0) is 29.8 Å². The average molecular weight is 426 g/mol. The monoisotopic (exact) mass is 426 g/mol. The first-order valence-corrected chi connectivity index (χ1v) is 8.77. The van der Waals surface area contributed by atoms with Crippen LogP contribution in [0.5, 0.6) is 0 Å². The summed E-state index contributed by atoms with van der Waals surface area (Å²) >= 11 is 0.933. The van der Waals surface area contributed by atoms with Crippen LogP contribution in [-0.4, -0.2) is 17.1 Å². The molecule has 29 heavy (non-hydrogen) atoms. The maximum absolute atomic E-state index is 13.3. The molecule has 0 aliphatic carbocycles. The largest absolute Gasteiger partial charge is 0.451 e. The number of hydrogen-bond acceptors (Lipinski definition) is 7. The second kappa shape index (κ2) is 8.74. The van der Waals surface area contributed by atoms with Gasteiger partial charge in [0, 0.05) is 10.5 Å². The van der Waals surface area contributed by atoms with Gasteiger partial charge in [-0.1, -0.05) is 24.3 Å². The van der Waals surface area contributed by atoms with Crippen LogP contribution in [0.15, 0.2) is 53.4 Å². The van der Waals surface area contributed by atoms with E-state index in [1.807, 2.05) is 0 Å². The first-order chi connectivity index (χ1) is 13.8. The Balaban J connectivity index is 2.20. The lowest BCUT2D eigenvalue weighted by atomic mass is 9.99. The number of benzene rings is 2. The first kappa shape index (κ1) is 21.0. The van der Waals surface area contributed by atoms with Gasteiger partial charge in [0.15, 0.2) is 5.82 Å². The molecular formula is C18H14F4N4O2S. The van der Waals surface area contributed by atoms with Gasteiger partial charge in [0.1, 0.15) is 5.82 Å². The zero-order valence-electron chi connectivity index (χ0n) is 14.8. The molecule has 0 saturated heterocycles. The van der Waals surface area contributed by atoms with E-state index in [0.717, 1.165) is 12.0 Å². The van der Waals surface area contributed by atoms with Crippen LogP contribution in [0.1, 0.15) is 5.82 Å². The molecule has 0 unspecified atom stereocenters. The molecule has 0 aliphatic rings. The first-order valence-electron chi connectivity index (χ1n) is 8.03. The Hall–Kier alpha value is -2.73. The van der Waals surface area contributed by atoms with Crippen LogP contribution in [0.2, 0.25) is 0 Å². The number of nitrogens with zero attached hydrogens (tertiary/aromatic N) is 2. The molecule has 2 aromatic carbocycles. The summed E-state index contributed by atoms with van der Waals surface area (Å²) in [6.07, 6.45) is -4.79. The van der Waals surface area contributed by atoms with Crippen LogP contribution in [0.4, 0.5) is 23.4 Å². The van der Waals surface area contributed by atoms with E-state index in [9.17, 15) is 17.6 Å². The van der Waals surface area contributed by atoms with Crippen molar-refractivity contribution in [2.75, 3.05) is 12.5 Å². The number of nitrogen functional groups attached to an aromatic ring is 1. The number of nitrogens with two attached hydrogens (primary N) is 1. The number of halogens is 4. The lowest BCUT2D eigenvalue weighted by molar-refractivity contribution is -0.160. The maximum atomic E-state index is 13.3. The molecule has 1 aromatic heterocycles. The van der Waals surface area contributed by atoms with Gasteiger partial charge in [0.25, 0.3) is 0 Å². The van der Waals surface area contributed by atoms with Gasteiger partial charge < -0.3 is 5.43 Å². The fourth-order valence-electron chi connectivity index (χ4n) is 2.53. The molecule has 0 spiro atoms. The van der Waals surface area contributed by atoms with Crippen LogP contribution >= 0.6 is 12.0 Å². The highest BCUT2D eigenvalue weighted by Gasteiger charge is 2.36. The SMILES string of the molecule is COOSc1ccc(-c2nc(C(F)(F)F)nc(NN)c2-c2ccc(F)cc2)cc1. The van der Waals surface area contributed by atoms with Crippen molar-refractivity contribution in [1.29, 1.82) is 0 Å². The Morgan fingerprint density at radius 1 is 0.966 bits per heavy atom. The van der Waals surface area contributed by atoms with E-state index < -0.39 is 17.8 Å². The van der Waals surface area contributed by atoms with Gasteiger partial charge in [-0.25, -0.2) is 25.1 Å². The highest BCUT2D eigenvalue weighted by molar-refractivity contribution is 7.94. The number of hydrogen-bond donors (Lipinski definition) is 2. The highest BCUT2D eigenvalue weighted by Crippen LogP contribution is 2.39. The fourth-order valence-corrected chi connectivity index (χ4v) is 2.93. The van der Waals surface area contributed by atoms with Gasteiger partial charge >= 0.3 is 6.18 Å². The summed E-state index contributed by atoms with van der Waals surface area (Å²) in [5.74, 6) is 3.35. The van der Waals surface area contributed by atoms with Gasteiger partial charge in [0.05, 0.1) is 30.4 Å². The predicted octanol–water partition coefficient (Wildman–Crippen LogP) is 4.84. The summed E-state index contributed by atoms with van der Waals surface area (Å²) in [7, 11) is 1.34. The molecule has 0 bridgehead atoms. The average Bonchev–Trinajstić information content (AvgIpc) is 2.71. The quantitative estimate of drug-likeness (QED) is 0.192. The molecule has 6 nitrogen and oxygen atoms in total. The van der Waals surface area contributed by atoms with Crippen LogP contribution < -0.4 is 11.3 Å². The number of hydrazine groups is 1. The van der Waals surface area contributed by atoms with Crippen LogP contribution in [0.25, 0.3) is 22.4 Å². The molecule has 152 valence electrons. The van der Waals surface area contributed by atoms with E-state index in [2.05, 4.69) is 20.3 Å². The van der Waals surface area contributed by atoms with E-state index in [4.69, 9.17) is 10.2 Å². The van der Waals surface area contributed by atoms with Gasteiger partial charge in [-0.15, -0.1) is 0 Å². The Morgan fingerprint density at radius 2 is 1.59 bits per heavy atom. The van der Waals surface area contributed by atoms with Gasteiger partial charge in [-0.2, -0.15) is 17.5 Å². The van der Waals surface area contributed by atoms with Crippen molar-refractivity contribution in [2.45, 2.75) is 11.1 Å². The van der Waals surface area contributed by atoms with Crippen LogP contribution in [-0.2, 0) is 15.4 Å². The van der Waals surface area contributed by atoms with Crippen LogP contribution in [0.3, 0.4) is 0 Å². The van der Waals surface area contributed by atoms with E-state index in [0.29, 0.717) is 16.0 Å². The predicted molar refractivity (Wildman–Crippen MR) is 99.6 cm³/mol. The molecule has 3 N–H and O–H groups in total. The lowest BCUT2D eigenvalue weighted by Crippen LogP contribution is -2.17. The zero-order chi connectivity index (χ0) is 21.0. The highest BCUT2D eigenvalue weighted by atomic mass is 32.2. The normalized spacial score (nSPS) is 11.5. The van der Waals surface area contributed by atoms with Gasteiger partial charge in [0.2, 0.25) is 5.82 Å². The lowest BCUT2D eigenvalue weighted by Gasteiger charge is -2.16. The number of aromatic nitrogens is 2. The molecule has 0 atom stereocenters.